The van der Waals surface area contributed by atoms with Gasteiger partial charge in [0, 0.05) is 72.5 Å². The van der Waals surface area contributed by atoms with Gasteiger partial charge in [-0.25, -0.2) is 0 Å². The SMILES string of the molecule is CC.CC.Cn1ccn[c-]c1=O.O=c1[c-]ncc[nH]1.[CH2-]COc1ccccc1.[CH2-]COc1ccccc1.[Y].[Y]. The number of nitrogens with one attached hydrogen (secondary N) is 1. The fraction of sp³-hybridized carbons (Fsp3) is 0.241. The minimum atomic E-state index is -0.289. The Morgan fingerprint density at radius 1 is 0.769 bits per heavy atom. The van der Waals surface area contributed by atoms with Crippen molar-refractivity contribution in [3.05, 3.63) is 132 Å². The molecule has 4 rings (SSSR count). The van der Waals surface area contributed by atoms with Crippen molar-refractivity contribution >= 4 is 0 Å². The first kappa shape index (κ1) is 44.0. The van der Waals surface area contributed by atoms with Gasteiger partial charge in [0.25, 0.3) is 0 Å². The van der Waals surface area contributed by atoms with Crippen LogP contribution >= 0.6 is 0 Å². The molecular weight excluding hydrogens is 646 g/mol. The summed E-state index contributed by atoms with van der Waals surface area (Å²) >= 11 is 0. The summed E-state index contributed by atoms with van der Waals surface area (Å²) < 4.78 is 11.6. The molecule has 0 aliphatic carbocycles. The quantitative estimate of drug-likeness (QED) is 0.304. The summed E-state index contributed by atoms with van der Waals surface area (Å²) in [6.45, 7) is 16.1. The van der Waals surface area contributed by atoms with Crippen LogP contribution in [0.15, 0.2) is 95.0 Å². The average molecular weight is 684 g/mol. The summed E-state index contributed by atoms with van der Waals surface area (Å²) in [5, 5.41) is 0. The van der Waals surface area contributed by atoms with Crippen LogP contribution in [0.5, 0.6) is 11.5 Å². The molecule has 2 radical (unpaired) electrons. The molecule has 0 aliphatic heterocycles. The molecule has 39 heavy (non-hydrogen) atoms. The molecule has 2 aromatic heterocycles. The van der Waals surface area contributed by atoms with Gasteiger partial charge in [-0.2, -0.15) is 0 Å². The molecular formula is C29H38N4O4Y2-4. The molecule has 0 unspecified atom stereocenters. The molecule has 0 aliphatic rings. The van der Waals surface area contributed by atoms with Crippen molar-refractivity contribution in [2.45, 2.75) is 27.7 Å². The molecule has 0 fully saturated rings. The molecule has 0 amide bonds. The van der Waals surface area contributed by atoms with Crippen molar-refractivity contribution in [3.63, 3.8) is 0 Å². The van der Waals surface area contributed by atoms with E-state index < -0.39 is 0 Å². The summed E-state index contributed by atoms with van der Waals surface area (Å²) in [5.41, 5.74) is -0.491. The first-order chi connectivity index (χ1) is 18.1. The largest absolute Gasteiger partial charge is 0.525 e. The first-order valence-corrected chi connectivity index (χ1v) is 11.8. The Hall–Kier alpha value is -1.99. The Kier molecular flexibility index (Phi) is 38.4. The monoisotopic (exact) mass is 684 g/mol. The van der Waals surface area contributed by atoms with Crippen LogP contribution in [0.4, 0.5) is 0 Å². The molecule has 8 nitrogen and oxygen atoms in total. The van der Waals surface area contributed by atoms with Crippen LogP contribution in [0.3, 0.4) is 0 Å². The van der Waals surface area contributed by atoms with E-state index in [4.69, 9.17) is 9.47 Å². The van der Waals surface area contributed by atoms with E-state index in [0.29, 0.717) is 13.2 Å². The Bertz CT molecular complexity index is 1050. The third kappa shape index (κ3) is 27.4. The topological polar surface area (TPSA) is 99.1 Å². The van der Waals surface area contributed by atoms with Crippen LogP contribution < -0.4 is 20.6 Å². The summed E-state index contributed by atoms with van der Waals surface area (Å²) in [6.07, 6.45) is 10.4. The molecule has 10 heteroatoms. The molecule has 0 saturated heterocycles. The van der Waals surface area contributed by atoms with Crippen molar-refractivity contribution in [1.29, 1.82) is 0 Å². The van der Waals surface area contributed by atoms with E-state index in [2.05, 4.69) is 41.2 Å². The van der Waals surface area contributed by atoms with E-state index in [9.17, 15) is 9.59 Å². The Morgan fingerprint density at radius 2 is 1.21 bits per heavy atom. The number of hydrogen-bond donors (Lipinski definition) is 1. The standard InChI is InChI=1S/2C8H9O.C5H5N2O.C4H3N2O.2C2H6.2Y/c2*1-2-9-8-6-4-3-5-7-8;1-7-3-2-6-4-5(7)8;7-4-3-5-1-2-6-4;2*1-2;;/h2*3-7H,1-2H2;2-3H,1H3;1-2H,(H,6,7);2*1-2H3;;/q4*-1;;;;. The number of aryl methyl sites for hydroxylation is 1. The van der Waals surface area contributed by atoms with E-state index in [1.165, 1.54) is 23.2 Å². The van der Waals surface area contributed by atoms with Crippen LogP contribution in [-0.4, -0.2) is 32.7 Å². The van der Waals surface area contributed by atoms with E-state index in [1.807, 2.05) is 88.4 Å². The summed E-state index contributed by atoms with van der Waals surface area (Å²) in [4.78, 5) is 29.8. The maximum absolute atomic E-state index is 10.5. The number of nitrogens with zero attached hydrogens (tertiary/aromatic N) is 3. The summed E-state index contributed by atoms with van der Waals surface area (Å²) in [6, 6.07) is 19.3. The first-order valence-electron chi connectivity index (χ1n) is 11.8. The van der Waals surface area contributed by atoms with Gasteiger partial charge in [0.2, 0.25) is 0 Å². The van der Waals surface area contributed by atoms with Gasteiger partial charge in [0.05, 0.1) is 0 Å². The molecule has 1 N–H and O–H groups in total. The Labute approximate surface area is 283 Å². The van der Waals surface area contributed by atoms with Gasteiger partial charge >= 0.3 is 0 Å². The number of hydrogen-bond acceptors (Lipinski definition) is 6. The zero-order valence-corrected chi connectivity index (χ0v) is 29.2. The van der Waals surface area contributed by atoms with Crippen LogP contribution in [0.1, 0.15) is 27.7 Å². The zero-order valence-electron chi connectivity index (χ0n) is 23.5. The van der Waals surface area contributed by atoms with E-state index >= 15 is 0 Å². The predicted molar refractivity (Wildman–Crippen MR) is 149 cm³/mol. The number of H-pyrrole nitrogens is 1. The maximum Gasteiger partial charge on any atom is 0.176 e. The second-order valence-corrected chi connectivity index (χ2v) is 5.81. The van der Waals surface area contributed by atoms with Gasteiger partial charge in [-0.05, 0) is 37.5 Å². The van der Waals surface area contributed by atoms with Crippen molar-refractivity contribution in [1.82, 2.24) is 19.5 Å². The van der Waals surface area contributed by atoms with Crippen LogP contribution in [-0.2, 0) is 72.5 Å². The molecule has 2 heterocycles. The normalized spacial score (nSPS) is 7.87. The third-order valence-electron chi connectivity index (χ3n) is 3.40. The van der Waals surface area contributed by atoms with E-state index in [-0.39, 0.29) is 76.5 Å². The fourth-order valence-electron chi connectivity index (χ4n) is 1.92. The number of aromatic nitrogens is 4. The smallest absolute Gasteiger partial charge is 0.176 e. The molecule has 2 aromatic carbocycles. The fourth-order valence-corrected chi connectivity index (χ4v) is 1.92. The Balaban J connectivity index is -0.000000198. The number of benzene rings is 2. The van der Waals surface area contributed by atoms with Crippen LogP contribution in [0, 0.1) is 26.2 Å². The van der Waals surface area contributed by atoms with Crippen molar-refractivity contribution < 1.29 is 74.9 Å². The number of ether oxygens (including phenoxy) is 2. The van der Waals surface area contributed by atoms with Gasteiger partial charge in [0.15, 0.2) is 11.1 Å². The number of para-hydroxylation sites is 2. The third-order valence-corrected chi connectivity index (χ3v) is 3.40. The molecule has 208 valence electrons. The van der Waals surface area contributed by atoms with Crippen molar-refractivity contribution in [2.24, 2.45) is 7.05 Å². The second-order valence-electron chi connectivity index (χ2n) is 5.81. The second kappa shape index (κ2) is 34.0. The number of aromatic amines is 1. The van der Waals surface area contributed by atoms with E-state index in [0.717, 1.165) is 11.5 Å². The minimum absolute atomic E-state index is 0. The van der Waals surface area contributed by atoms with Gasteiger partial charge in [-0.3, -0.25) is 9.59 Å². The van der Waals surface area contributed by atoms with Crippen molar-refractivity contribution in [3.8, 4) is 11.5 Å². The maximum atomic E-state index is 10.5. The molecule has 0 spiro atoms. The predicted octanol–water partition coefficient (Wildman–Crippen LogP) is 5.00. The molecule has 0 atom stereocenters. The Morgan fingerprint density at radius 3 is 1.46 bits per heavy atom. The number of rotatable bonds is 4. The van der Waals surface area contributed by atoms with Gasteiger partial charge < -0.3 is 42.8 Å². The zero-order chi connectivity index (χ0) is 28.2. The van der Waals surface area contributed by atoms with E-state index in [1.54, 1.807) is 13.2 Å². The van der Waals surface area contributed by atoms with Gasteiger partial charge in [-0.15, -0.1) is 12.4 Å². The summed E-state index contributed by atoms with van der Waals surface area (Å²) in [7, 11) is 1.65. The molecule has 0 bridgehead atoms. The molecule has 0 saturated carbocycles. The van der Waals surface area contributed by atoms with Crippen molar-refractivity contribution in [2.75, 3.05) is 13.2 Å². The van der Waals surface area contributed by atoms with Crippen LogP contribution in [0.25, 0.3) is 0 Å². The van der Waals surface area contributed by atoms with Gasteiger partial charge in [-0.1, -0.05) is 88.9 Å². The van der Waals surface area contributed by atoms with Crippen LogP contribution in [0.2, 0.25) is 0 Å². The minimum Gasteiger partial charge on any atom is -0.525 e. The molecule has 4 aromatic rings. The van der Waals surface area contributed by atoms with Gasteiger partial charge in [0.1, 0.15) is 11.5 Å². The average Bonchev–Trinajstić information content (AvgIpc) is 2.96. The summed E-state index contributed by atoms with van der Waals surface area (Å²) in [5.74, 6) is 1.76.